The first kappa shape index (κ1) is 24.7. The SMILES string of the molecule is CC[C@@H](C(=O)NC1CCCC1)N(CCc1ccccc1)C(=O)CSCc1cccc(Cl)c1. The molecule has 0 bridgehead atoms. The Bertz CT molecular complexity index is 871. The molecular weight excluding hydrogens is 440 g/mol. The van der Waals surface area contributed by atoms with E-state index >= 15 is 0 Å². The maximum absolute atomic E-state index is 13.3. The summed E-state index contributed by atoms with van der Waals surface area (Å²) < 4.78 is 0. The van der Waals surface area contributed by atoms with Crippen molar-refractivity contribution < 1.29 is 9.59 Å². The largest absolute Gasteiger partial charge is 0.352 e. The lowest BCUT2D eigenvalue weighted by Gasteiger charge is -2.31. The van der Waals surface area contributed by atoms with Gasteiger partial charge in [0, 0.05) is 23.4 Å². The average molecular weight is 473 g/mol. The van der Waals surface area contributed by atoms with Crippen LogP contribution in [0.1, 0.15) is 50.2 Å². The molecule has 1 N–H and O–H groups in total. The number of benzene rings is 2. The van der Waals surface area contributed by atoms with E-state index < -0.39 is 6.04 Å². The Hall–Kier alpha value is -1.98. The normalized spacial score (nSPS) is 14.8. The molecule has 4 nitrogen and oxygen atoms in total. The molecular formula is C26H33ClN2O2S. The predicted octanol–water partition coefficient (Wildman–Crippen LogP) is 5.48. The van der Waals surface area contributed by atoms with Crippen LogP contribution in [0.25, 0.3) is 0 Å². The van der Waals surface area contributed by atoms with Gasteiger partial charge in [-0.1, -0.05) is 73.8 Å². The maximum Gasteiger partial charge on any atom is 0.243 e. The second-order valence-electron chi connectivity index (χ2n) is 8.36. The Morgan fingerprint density at radius 3 is 2.50 bits per heavy atom. The van der Waals surface area contributed by atoms with Crippen LogP contribution in [0.2, 0.25) is 5.02 Å². The molecule has 0 saturated heterocycles. The van der Waals surface area contributed by atoms with Crippen LogP contribution < -0.4 is 5.32 Å². The van der Waals surface area contributed by atoms with Crippen molar-refractivity contribution in [1.29, 1.82) is 0 Å². The Morgan fingerprint density at radius 2 is 1.81 bits per heavy atom. The summed E-state index contributed by atoms with van der Waals surface area (Å²) in [4.78, 5) is 28.2. The Morgan fingerprint density at radius 1 is 1.09 bits per heavy atom. The minimum atomic E-state index is -0.432. The van der Waals surface area contributed by atoms with Gasteiger partial charge in [0.1, 0.15) is 6.04 Å². The van der Waals surface area contributed by atoms with Crippen LogP contribution in [0.4, 0.5) is 0 Å². The lowest BCUT2D eigenvalue weighted by atomic mass is 10.1. The van der Waals surface area contributed by atoms with E-state index in [1.807, 2.05) is 49.4 Å². The lowest BCUT2D eigenvalue weighted by Crippen LogP contribution is -2.52. The monoisotopic (exact) mass is 472 g/mol. The van der Waals surface area contributed by atoms with Crippen LogP contribution in [-0.2, 0) is 21.8 Å². The predicted molar refractivity (Wildman–Crippen MR) is 134 cm³/mol. The second kappa shape index (κ2) is 12.9. The molecule has 1 atom stereocenters. The third kappa shape index (κ3) is 7.56. The van der Waals surface area contributed by atoms with Crippen LogP contribution in [0, 0.1) is 0 Å². The summed E-state index contributed by atoms with van der Waals surface area (Å²) in [5, 5.41) is 3.90. The van der Waals surface area contributed by atoms with Crippen LogP contribution >= 0.6 is 23.4 Å². The molecule has 0 aromatic heterocycles. The van der Waals surface area contributed by atoms with Gasteiger partial charge < -0.3 is 10.2 Å². The van der Waals surface area contributed by atoms with E-state index in [-0.39, 0.29) is 17.9 Å². The van der Waals surface area contributed by atoms with Crippen molar-refractivity contribution in [3.63, 3.8) is 0 Å². The molecule has 1 aliphatic carbocycles. The summed E-state index contributed by atoms with van der Waals surface area (Å²) in [5.74, 6) is 1.06. The molecule has 0 aliphatic heterocycles. The molecule has 2 aromatic rings. The molecule has 0 radical (unpaired) electrons. The number of amides is 2. The molecule has 172 valence electrons. The van der Waals surface area contributed by atoms with Crippen molar-refractivity contribution in [3.8, 4) is 0 Å². The average Bonchev–Trinajstić information content (AvgIpc) is 3.30. The van der Waals surface area contributed by atoms with Crippen molar-refractivity contribution in [1.82, 2.24) is 10.2 Å². The zero-order valence-electron chi connectivity index (χ0n) is 18.8. The molecule has 32 heavy (non-hydrogen) atoms. The van der Waals surface area contributed by atoms with Gasteiger partial charge in [0.15, 0.2) is 0 Å². The summed E-state index contributed by atoms with van der Waals surface area (Å²) in [6, 6.07) is 17.7. The van der Waals surface area contributed by atoms with Crippen LogP contribution in [0.5, 0.6) is 0 Å². The van der Waals surface area contributed by atoms with Crippen molar-refractivity contribution in [3.05, 3.63) is 70.7 Å². The first-order valence-corrected chi connectivity index (χ1v) is 13.1. The van der Waals surface area contributed by atoms with Gasteiger partial charge in [-0.05, 0) is 48.9 Å². The number of hydrogen-bond acceptors (Lipinski definition) is 3. The highest BCUT2D eigenvalue weighted by atomic mass is 35.5. The molecule has 0 heterocycles. The van der Waals surface area contributed by atoms with Gasteiger partial charge in [0.2, 0.25) is 11.8 Å². The summed E-state index contributed by atoms with van der Waals surface area (Å²) in [5.41, 5.74) is 2.26. The van der Waals surface area contributed by atoms with Crippen LogP contribution in [0.15, 0.2) is 54.6 Å². The zero-order chi connectivity index (χ0) is 22.8. The quantitative estimate of drug-likeness (QED) is 0.471. The number of halogens is 1. The van der Waals surface area contributed by atoms with E-state index in [0.717, 1.165) is 24.8 Å². The minimum Gasteiger partial charge on any atom is -0.352 e. The maximum atomic E-state index is 13.3. The van der Waals surface area contributed by atoms with E-state index in [2.05, 4.69) is 17.4 Å². The smallest absolute Gasteiger partial charge is 0.243 e. The minimum absolute atomic E-state index is 0.0133. The van der Waals surface area contributed by atoms with Crippen LogP contribution in [-0.4, -0.2) is 41.1 Å². The first-order valence-electron chi connectivity index (χ1n) is 11.5. The molecule has 2 aromatic carbocycles. The fourth-order valence-electron chi connectivity index (χ4n) is 4.23. The molecule has 0 spiro atoms. The number of hydrogen-bond donors (Lipinski definition) is 1. The van der Waals surface area contributed by atoms with Gasteiger partial charge in [0.05, 0.1) is 5.75 Å². The van der Waals surface area contributed by atoms with Crippen molar-refractivity contribution in [2.75, 3.05) is 12.3 Å². The highest BCUT2D eigenvalue weighted by Gasteiger charge is 2.30. The Labute approximate surface area is 201 Å². The number of thioether (sulfide) groups is 1. The highest BCUT2D eigenvalue weighted by Crippen LogP contribution is 2.20. The number of rotatable bonds is 11. The van der Waals surface area contributed by atoms with Crippen molar-refractivity contribution in [2.24, 2.45) is 0 Å². The van der Waals surface area contributed by atoms with Gasteiger partial charge in [-0.3, -0.25) is 9.59 Å². The zero-order valence-corrected chi connectivity index (χ0v) is 20.3. The summed E-state index contributed by atoms with van der Waals surface area (Å²) in [7, 11) is 0. The molecule has 1 aliphatic rings. The first-order chi connectivity index (χ1) is 15.6. The molecule has 0 unspecified atom stereocenters. The standard InChI is InChI=1S/C26H33ClN2O2S/c1-2-24(26(31)28-23-13-6-7-14-23)29(16-15-20-9-4-3-5-10-20)25(30)19-32-18-21-11-8-12-22(27)17-21/h3-5,8-12,17,23-24H,2,6-7,13-16,18-19H2,1H3,(H,28,31)/t24-/m0/s1. The fraction of sp³-hybridized carbons (Fsp3) is 0.462. The molecule has 6 heteroatoms. The number of carbonyl (C=O) groups is 2. The molecule has 1 fully saturated rings. The van der Waals surface area contributed by atoms with E-state index in [1.165, 1.54) is 18.4 Å². The van der Waals surface area contributed by atoms with E-state index in [9.17, 15) is 9.59 Å². The lowest BCUT2D eigenvalue weighted by molar-refractivity contribution is -0.139. The number of carbonyl (C=O) groups excluding carboxylic acids is 2. The summed E-state index contributed by atoms with van der Waals surface area (Å²) >= 11 is 7.64. The molecule has 2 amide bonds. The summed E-state index contributed by atoms with van der Waals surface area (Å²) in [6.45, 7) is 2.53. The third-order valence-corrected chi connectivity index (χ3v) is 7.18. The van der Waals surface area contributed by atoms with Gasteiger partial charge >= 0.3 is 0 Å². The van der Waals surface area contributed by atoms with E-state index in [1.54, 1.807) is 16.7 Å². The van der Waals surface area contributed by atoms with Gasteiger partial charge in [-0.25, -0.2) is 0 Å². The fourth-order valence-corrected chi connectivity index (χ4v) is 5.30. The third-order valence-electron chi connectivity index (χ3n) is 5.95. The highest BCUT2D eigenvalue weighted by molar-refractivity contribution is 7.99. The summed E-state index contributed by atoms with van der Waals surface area (Å²) in [6.07, 6.45) is 5.75. The Kier molecular flexibility index (Phi) is 9.94. The topological polar surface area (TPSA) is 49.4 Å². The van der Waals surface area contributed by atoms with Gasteiger partial charge in [0.25, 0.3) is 0 Å². The second-order valence-corrected chi connectivity index (χ2v) is 9.78. The van der Waals surface area contributed by atoms with Gasteiger partial charge in [-0.2, -0.15) is 0 Å². The van der Waals surface area contributed by atoms with E-state index in [4.69, 9.17) is 11.6 Å². The van der Waals surface area contributed by atoms with Crippen molar-refractivity contribution in [2.45, 2.75) is 63.3 Å². The Balaban J connectivity index is 1.64. The number of nitrogens with one attached hydrogen (secondary N) is 1. The molecule has 1 saturated carbocycles. The van der Waals surface area contributed by atoms with Crippen molar-refractivity contribution >= 4 is 35.2 Å². The molecule has 3 rings (SSSR count). The van der Waals surface area contributed by atoms with Crippen LogP contribution in [0.3, 0.4) is 0 Å². The number of nitrogens with zero attached hydrogens (tertiary/aromatic N) is 1. The van der Waals surface area contributed by atoms with E-state index in [0.29, 0.717) is 29.5 Å². The van der Waals surface area contributed by atoms with Gasteiger partial charge in [-0.15, -0.1) is 11.8 Å².